The highest BCUT2D eigenvalue weighted by Crippen LogP contribution is 2.48. The highest BCUT2D eigenvalue weighted by Gasteiger charge is 2.62. The van der Waals surface area contributed by atoms with Crippen LogP contribution in [-0.4, -0.2) is 81.8 Å². The van der Waals surface area contributed by atoms with E-state index in [1.54, 1.807) is 36.9 Å². The van der Waals surface area contributed by atoms with Gasteiger partial charge in [-0.2, -0.15) is 13.2 Å². The van der Waals surface area contributed by atoms with Gasteiger partial charge in [-0.3, -0.25) is 19.8 Å². The monoisotopic (exact) mass is 882 g/mol. The highest BCUT2D eigenvalue weighted by atomic mass is 35.5. The van der Waals surface area contributed by atoms with E-state index in [1.807, 2.05) is 51.1 Å². The Morgan fingerprint density at radius 3 is 2.41 bits per heavy atom. The molecule has 3 aromatic rings. The number of halogens is 4. The second kappa shape index (κ2) is 19.3. The first-order chi connectivity index (χ1) is 28.8. The van der Waals surface area contributed by atoms with Gasteiger partial charge in [-0.15, -0.1) is 11.8 Å². The minimum atomic E-state index is -4.87. The number of alkyl halides is 3. The van der Waals surface area contributed by atoms with Crippen LogP contribution in [0.15, 0.2) is 71.6 Å². The first-order valence-electron chi connectivity index (χ1n) is 20.7. The van der Waals surface area contributed by atoms with Crippen LogP contribution >= 0.6 is 23.4 Å². The number of phenols is 1. The molecule has 61 heavy (non-hydrogen) atoms. The summed E-state index contributed by atoms with van der Waals surface area (Å²) in [5, 5.41) is 30.3. The lowest BCUT2D eigenvalue weighted by Crippen LogP contribution is -2.60. The predicted octanol–water partition coefficient (Wildman–Crippen LogP) is 8.82. The normalized spacial score (nSPS) is 23.5. The Balaban J connectivity index is 0.000000247. The molecule has 1 saturated heterocycles. The van der Waals surface area contributed by atoms with Crippen molar-refractivity contribution in [2.75, 3.05) is 24.2 Å². The number of aliphatic hydroxyl groups excluding tert-OH is 1. The van der Waals surface area contributed by atoms with Gasteiger partial charge in [0.1, 0.15) is 5.75 Å². The Morgan fingerprint density at radius 1 is 1.03 bits per heavy atom. The number of hydrogen-bond acceptors (Lipinski definition) is 8. The number of rotatable bonds is 9. The van der Waals surface area contributed by atoms with Crippen LogP contribution in [0.4, 0.5) is 23.7 Å². The van der Waals surface area contributed by atoms with Crippen LogP contribution in [-0.2, 0) is 15.1 Å². The number of piperidine rings is 1. The van der Waals surface area contributed by atoms with E-state index in [4.69, 9.17) is 11.6 Å². The molecule has 0 aromatic heterocycles. The van der Waals surface area contributed by atoms with Gasteiger partial charge < -0.3 is 25.6 Å². The van der Waals surface area contributed by atoms with Crippen molar-refractivity contribution in [2.24, 2.45) is 17.8 Å². The Bertz CT molecular complexity index is 2120. The number of aliphatic hydroxyl groups is 1. The molecule has 15 heteroatoms. The number of phenolic OH excluding ortho intramolecular Hbond substituents is 1. The lowest BCUT2D eigenvalue weighted by Gasteiger charge is -2.47. The number of nitrogens with zero attached hydrogens (tertiary/aromatic N) is 1. The number of thioether (sulfide) groups is 1. The van der Waals surface area contributed by atoms with Gasteiger partial charge in [0, 0.05) is 56.9 Å². The molecule has 2 saturated carbocycles. The van der Waals surface area contributed by atoms with Crippen LogP contribution in [0.3, 0.4) is 0 Å². The van der Waals surface area contributed by atoms with Crippen LogP contribution in [0.2, 0.25) is 5.02 Å². The fourth-order valence-electron chi connectivity index (χ4n) is 8.11. The maximum atomic E-state index is 13.6. The molecule has 2 aliphatic carbocycles. The van der Waals surface area contributed by atoms with Crippen LogP contribution in [0.1, 0.15) is 87.2 Å². The second-order valence-corrected chi connectivity index (χ2v) is 18.9. The number of fused-ring (bicyclic) bond motifs is 2. The third kappa shape index (κ3) is 11.7. The minimum Gasteiger partial charge on any atom is -0.508 e. The summed E-state index contributed by atoms with van der Waals surface area (Å²) in [6, 6.07) is 17.7. The van der Waals surface area contributed by atoms with Crippen molar-refractivity contribution in [3.8, 4) is 17.6 Å². The zero-order valence-corrected chi connectivity index (χ0v) is 36.4. The van der Waals surface area contributed by atoms with Crippen LogP contribution in [0, 0.1) is 36.5 Å². The zero-order chi connectivity index (χ0) is 44.1. The van der Waals surface area contributed by atoms with Gasteiger partial charge in [0.15, 0.2) is 0 Å². The molecule has 6 atom stereocenters. The zero-order valence-electron chi connectivity index (χ0n) is 34.8. The SMILES string of the molecule is Cc1c(O)cccc1C(=O)N[C@@H](CSc1ccccc1)[C@H](O)CN1C[C@H]2CCCC[C@H]2C[C@H]1C(=O)NC(C)(C)C.O=C1Nc2ccc(Cl)cc2[C@@](C#CC2CC2)(C(F)(F)F)O1. The van der Waals surface area contributed by atoms with Gasteiger partial charge in [0.25, 0.3) is 11.5 Å². The predicted molar refractivity (Wildman–Crippen MR) is 230 cm³/mol. The summed E-state index contributed by atoms with van der Waals surface area (Å²) >= 11 is 7.36. The van der Waals surface area contributed by atoms with E-state index in [2.05, 4.69) is 37.4 Å². The number of amides is 3. The first-order valence-corrected chi connectivity index (χ1v) is 22.1. The van der Waals surface area contributed by atoms with E-state index < -0.39 is 30.0 Å². The summed E-state index contributed by atoms with van der Waals surface area (Å²) in [4.78, 5) is 41.5. The molecule has 0 unspecified atom stereocenters. The van der Waals surface area contributed by atoms with Crippen molar-refractivity contribution in [2.45, 2.75) is 113 Å². The molecule has 0 bridgehead atoms. The third-order valence-corrected chi connectivity index (χ3v) is 12.9. The molecule has 7 rings (SSSR count). The van der Waals surface area contributed by atoms with Crippen molar-refractivity contribution in [3.63, 3.8) is 0 Å². The number of carbonyl (C=O) groups is 3. The molecule has 2 heterocycles. The number of ether oxygens (including phenoxy) is 1. The molecule has 5 N–H and O–H groups in total. The largest absolute Gasteiger partial charge is 0.508 e. The summed E-state index contributed by atoms with van der Waals surface area (Å²) in [6.45, 7) is 8.76. The van der Waals surface area contributed by atoms with E-state index in [-0.39, 0.29) is 51.3 Å². The van der Waals surface area contributed by atoms with Gasteiger partial charge in [0.2, 0.25) is 5.91 Å². The van der Waals surface area contributed by atoms with Crippen molar-refractivity contribution in [1.82, 2.24) is 15.5 Å². The van der Waals surface area contributed by atoms with Crippen molar-refractivity contribution in [3.05, 3.63) is 88.4 Å². The second-order valence-electron chi connectivity index (χ2n) is 17.4. The number of carbonyl (C=O) groups excluding carboxylic acids is 3. The number of nitrogens with one attached hydrogen (secondary N) is 3. The summed E-state index contributed by atoms with van der Waals surface area (Å²) in [7, 11) is 0. The van der Waals surface area contributed by atoms with Crippen molar-refractivity contribution < 1.29 is 42.5 Å². The molecule has 3 fully saturated rings. The van der Waals surface area contributed by atoms with Crippen molar-refractivity contribution >= 4 is 47.0 Å². The lowest BCUT2D eigenvalue weighted by molar-refractivity contribution is -0.239. The smallest absolute Gasteiger partial charge is 0.445 e. The third-order valence-electron chi connectivity index (χ3n) is 11.5. The van der Waals surface area contributed by atoms with Gasteiger partial charge in [-0.05, 0) is 114 Å². The molecule has 0 spiro atoms. The van der Waals surface area contributed by atoms with Gasteiger partial charge >= 0.3 is 12.3 Å². The number of anilines is 1. The lowest BCUT2D eigenvalue weighted by atomic mass is 9.72. The van der Waals surface area contributed by atoms with Crippen LogP contribution in [0.25, 0.3) is 0 Å². The van der Waals surface area contributed by atoms with Gasteiger partial charge in [0.05, 0.1) is 23.9 Å². The van der Waals surface area contributed by atoms with Gasteiger partial charge in [-0.25, -0.2) is 4.79 Å². The van der Waals surface area contributed by atoms with Crippen LogP contribution in [0.5, 0.6) is 5.75 Å². The van der Waals surface area contributed by atoms with Crippen LogP contribution < -0.4 is 16.0 Å². The Labute approximate surface area is 364 Å². The number of β-amino-alcohol motifs (C(OH)–C–C–N with tert-alkyl or cyclic N) is 1. The molecule has 2 aliphatic heterocycles. The first kappa shape index (κ1) is 46.1. The molecular formula is C46H54ClF3N4O6S. The van der Waals surface area contributed by atoms with Gasteiger partial charge in [-0.1, -0.05) is 61.0 Å². The standard InChI is InChI=1S/C32H45N3O4S.C14H9ClF3NO2/c1-21-25(15-10-16-28(21)36)30(38)33-26(20-40-24-13-6-5-7-14-24)29(37)19-35-18-23-12-9-8-11-22(23)17-27(35)31(39)34-32(2,3)4;15-9-3-4-11-10(7-9)13(14(16,17)18,21-12(20)19-11)6-5-8-1-2-8/h5-7,10,13-16,22-23,26-27,29,36-37H,8-9,11-12,17-20H2,1-4H3,(H,33,38)(H,34,39);3-4,7-8H,1-2H2,(H,19,20)/t22-,23+,26-,27-,29+;13-/m00/s1. The minimum absolute atomic E-state index is 0.00179. The maximum Gasteiger partial charge on any atom is 0.445 e. The highest BCUT2D eigenvalue weighted by molar-refractivity contribution is 7.99. The summed E-state index contributed by atoms with van der Waals surface area (Å²) < 4.78 is 45.4. The fraction of sp³-hybridized carbons (Fsp3) is 0.500. The number of benzene rings is 3. The maximum absolute atomic E-state index is 13.6. The average Bonchev–Trinajstić information content (AvgIpc) is 4.04. The van der Waals surface area contributed by atoms with E-state index in [0.717, 1.165) is 49.6 Å². The Kier molecular flexibility index (Phi) is 14.6. The summed E-state index contributed by atoms with van der Waals surface area (Å²) in [5.74, 6) is 5.87. The van der Waals surface area contributed by atoms with E-state index >= 15 is 0 Å². The average molecular weight is 883 g/mol. The molecule has 10 nitrogen and oxygen atoms in total. The summed E-state index contributed by atoms with van der Waals surface area (Å²) in [5.41, 5.74) is -2.73. The number of aromatic hydroxyl groups is 1. The topological polar surface area (TPSA) is 140 Å². The Morgan fingerprint density at radius 2 is 1.74 bits per heavy atom. The van der Waals surface area contributed by atoms with E-state index in [1.165, 1.54) is 25.0 Å². The quantitative estimate of drug-likeness (QED) is 0.106. The molecule has 328 valence electrons. The van der Waals surface area contributed by atoms with E-state index in [0.29, 0.717) is 35.3 Å². The van der Waals surface area contributed by atoms with E-state index in [9.17, 15) is 37.8 Å². The Hall–Kier alpha value is -4.42. The molecular weight excluding hydrogens is 829 g/mol. The summed E-state index contributed by atoms with van der Waals surface area (Å²) in [6.07, 6.45) is 0.134. The number of hydrogen-bond donors (Lipinski definition) is 5. The molecule has 3 aromatic carbocycles. The molecule has 0 radical (unpaired) electrons. The molecule has 3 amide bonds. The number of likely N-dealkylation sites (tertiary alicyclic amines) is 1. The number of cyclic esters (lactones) is 1. The van der Waals surface area contributed by atoms with Crippen molar-refractivity contribution in [1.29, 1.82) is 0 Å². The fourth-order valence-corrected chi connectivity index (χ4v) is 9.31. The molecule has 4 aliphatic rings.